The third-order valence-electron chi connectivity index (χ3n) is 7.00. The number of amides is 1. The van der Waals surface area contributed by atoms with Crippen LogP contribution in [0, 0.1) is 0 Å². The Morgan fingerprint density at radius 3 is 2.69 bits per heavy atom. The van der Waals surface area contributed by atoms with E-state index in [1.807, 2.05) is 24.3 Å². The second-order valence-electron chi connectivity index (χ2n) is 10.1. The van der Waals surface area contributed by atoms with Gasteiger partial charge in [0.1, 0.15) is 12.4 Å². The number of methoxy groups -OCH3 is 1. The number of nitrogens with one attached hydrogen (secondary N) is 1. The van der Waals surface area contributed by atoms with Gasteiger partial charge < -0.3 is 29.0 Å². The van der Waals surface area contributed by atoms with E-state index in [1.54, 1.807) is 13.2 Å². The highest BCUT2D eigenvalue weighted by Crippen LogP contribution is 2.41. The molecule has 2 heterocycles. The first kappa shape index (κ1) is 26.8. The molecule has 3 aromatic carbocycles. The van der Waals surface area contributed by atoms with E-state index in [1.165, 1.54) is 11.1 Å². The van der Waals surface area contributed by atoms with Crippen LogP contribution in [-0.4, -0.2) is 57.1 Å². The number of ether oxygens (including phenoxy) is 5. The zero-order valence-electron chi connectivity index (χ0n) is 22.8. The molecule has 2 bridgehead atoms. The van der Waals surface area contributed by atoms with E-state index in [2.05, 4.69) is 48.3 Å². The summed E-state index contributed by atoms with van der Waals surface area (Å²) in [6, 6.07) is 18.4. The van der Waals surface area contributed by atoms with Gasteiger partial charge in [0, 0.05) is 37.7 Å². The quantitative estimate of drug-likeness (QED) is 0.516. The van der Waals surface area contributed by atoms with Gasteiger partial charge in [-0.1, -0.05) is 24.3 Å². The van der Waals surface area contributed by atoms with E-state index in [0.717, 1.165) is 30.0 Å². The van der Waals surface area contributed by atoms with Crippen molar-refractivity contribution in [3.63, 3.8) is 0 Å². The van der Waals surface area contributed by atoms with Crippen LogP contribution in [0.5, 0.6) is 23.0 Å². The Labute approximate surface area is 229 Å². The van der Waals surface area contributed by atoms with Crippen molar-refractivity contribution in [1.82, 2.24) is 10.2 Å². The normalized spacial score (nSPS) is 15.7. The van der Waals surface area contributed by atoms with Gasteiger partial charge in [-0.25, -0.2) is 0 Å². The Bertz CT molecular complexity index is 1310. The molecule has 1 amide bonds. The van der Waals surface area contributed by atoms with Gasteiger partial charge in [0.05, 0.1) is 20.3 Å². The van der Waals surface area contributed by atoms with E-state index >= 15 is 0 Å². The van der Waals surface area contributed by atoms with Gasteiger partial charge in [0.2, 0.25) is 12.5 Å². The summed E-state index contributed by atoms with van der Waals surface area (Å²) >= 11 is 0. The molecule has 2 aliphatic rings. The highest BCUT2D eigenvalue weighted by molar-refractivity contribution is 5.94. The lowest BCUT2D eigenvalue weighted by atomic mass is 9.99. The monoisotopic (exact) mass is 532 g/mol. The highest BCUT2D eigenvalue weighted by atomic mass is 16.7. The molecule has 39 heavy (non-hydrogen) atoms. The molecule has 2 aliphatic heterocycles. The number of carbonyl (C=O) groups excluding carboxylic acids is 1. The molecule has 8 heteroatoms. The summed E-state index contributed by atoms with van der Waals surface area (Å²) in [5, 5.41) is 3.01. The fraction of sp³-hybridized carbons (Fsp3) is 0.387. The van der Waals surface area contributed by atoms with Crippen molar-refractivity contribution < 1.29 is 28.5 Å². The lowest BCUT2D eigenvalue weighted by Gasteiger charge is -2.27. The molecule has 0 saturated carbocycles. The molecule has 0 saturated heterocycles. The van der Waals surface area contributed by atoms with E-state index in [0.29, 0.717) is 61.6 Å². The maximum atomic E-state index is 13.2. The van der Waals surface area contributed by atoms with Crippen molar-refractivity contribution >= 4 is 5.91 Å². The molecule has 5 rings (SSSR count). The van der Waals surface area contributed by atoms with E-state index in [9.17, 15) is 4.79 Å². The maximum Gasteiger partial charge on any atom is 0.251 e. The summed E-state index contributed by atoms with van der Waals surface area (Å²) < 4.78 is 28.3. The number of fused-ring (bicyclic) bond motifs is 4. The van der Waals surface area contributed by atoms with Gasteiger partial charge in [0.25, 0.3) is 5.91 Å². The number of benzene rings is 3. The smallest absolute Gasteiger partial charge is 0.251 e. The van der Waals surface area contributed by atoms with Crippen molar-refractivity contribution in [1.29, 1.82) is 0 Å². The molecule has 0 unspecified atom stereocenters. The third-order valence-corrected chi connectivity index (χ3v) is 7.00. The first-order chi connectivity index (χ1) is 19.0. The van der Waals surface area contributed by atoms with Crippen LogP contribution in [0.2, 0.25) is 0 Å². The predicted octanol–water partition coefficient (Wildman–Crippen LogP) is 4.56. The molecule has 1 N–H and O–H groups in total. The Kier molecular flexibility index (Phi) is 8.54. The van der Waals surface area contributed by atoms with Crippen LogP contribution in [0.1, 0.15) is 46.5 Å². The zero-order chi connectivity index (χ0) is 27.2. The standard InChI is InChI=1S/C31H36N2O6/c1-21(2)33-9-10-36-11-12-37-27-8-7-25(17-26(27)14-22-5-4-6-23(13-22)19-33)31(34)32-18-24-15-28(35-3)30-29(16-24)38-20-39-30/h4-8,13,15-17,21H,9-12,14,18-20H2,1-3H3,(H,32,34). The average Bonchev–Trinajstić information content (AvgIpc) is 3.41. The molecule has 0 spiro atoms. The first-order valence-corrected chi connectivity index (χ1v) is 13.4. The van der Waals surface area contributed by atoms with Gasteiger partial charge >= 0.3 is 0 Å². The Morgan fingerprint density at radius 2 is 1.85 bits per heavy atom. The second kappa shape index (κ2) is 12.4. The van der Waals surface area contributed by atoms with Gasteiger partial charge in [0.15, 0.2) is 11.5 Å². The molecule has 0 radical (unpaired) electrons. The van der Waals surface area contributed by atoms with Crippen LogP contribution >= 0.6 is 0 Å². The van der Waals surface area contributed by atoms with E-state index in [-0.39, 0.29) is 12.7 Å². The van der Waals surface area contributed by atoms with Crippen LogP contribution in [0.3, 0.4) is 0 Å². The summed E-state index contributed by atoms with van der Waals surface area (Å²) in [5.41, 5.74) is 4.83. The minimum atomic E-state index is -0.168. The lowest BCUT2D eigenvalue weighted by molar-refractivity contribution is 0.0695. The maximum absolute atomic E-state index is 13.2. The summed E-state index contributed by atoms with van der Waals surface area (Å²) in [5.74, 6) is 2.38. The molecule has 0 fully saturated rings. The van der Waals surface area contributed by atoms with Crippen LogP contribution in [-0.2, 0) is 24.2 Å². The minimum Gasteiger partial charge on any atom is -0.493 e. The Hall–Kier alpha value is -3.75. The molecule has 3 aromatic rings. The zero-order valence-corrected chi connectivity index (χ0v) is 22.8. The largest absolute Gasteiger partial charge is 0.493 e. The Morgan fingerprint density at radius 1 is 0.974 bits per heavy atom. The SMILES string of the molecule is COc1cc(CNC(=O)c2ccc3c(c2)Cc2cccc(c2)CN(C(C)C)CCOCCO3)cc2c1OCO2. The third kappa shape index (κ3) is 6.64. The van der Waals surface area contributed by atoms with E-state index < -0.39 is 0 Å². The van der Waals surface area contributed by atoms with Crippen LogP contribution in [0.25, 0.3) is 0 Å². The van der Waals surface area contributed by atoms with Gasteiger partial charge in [-0.05, 0) is 66.4 Å². The topological polar surface area (TPSA) is 78.5 Å². The molecular weight excluding hydrogens is 496 g/mol. The molecular formula is C31H36N2O6. The number of hydrogen-bond acceptors (Lipinski definition) is 7. The van der Waals surface area contributed by atoms with Crippen molar-refractivity contribution in [3.8, 4) is 23.0 Å². The highest BCUT2D eigenvalue weighted by Gasteiger charge is 2.21. The minimum absolute atomic E-state index is 0.156. The number of hydrogen-bond donors (Lipinski definition) is 1. The van der Waals surface area contributed by atoms with Gasteiger partial charge in [-0.2, -0.15) is 0 Å². The van der Waals surface area contributed by atoms with Gasteiger partial charge in [-0.3, -0.25) is 9.69 Å². The van der Waals surface area contributed by atoms with Crippen LogP contribution in [0.4, 0.5) is 0 Å². The van der Waals surface area contributed by atoms with Crippen molar-refractivity contribution in [2.24, 2.45) is 0 Å². The van der Waals surface area contributed by atoms with Crippen LogP contribution in [0.15, 0.2) is 54.6 Å². The van der Waals surface area contributed by atoms with Crippen molar-refractivity contribution in [2.45, 2.75) is 39.4 Å². The number of rotatable bonds is 5. The molecule has 0 aliphatic carbocycles. The molecule has 0 aromatic heterocycles. The summed E-state index contributed by atoms with van der Waals surface area (Å²) in [6.07, 6.45) is 0.659. The van der Waals surface area contributed by atoms with Crippen molar-refractivity contribution in [3.05, 3.63) is 82.4 Å². The number of nitrogens with zero attached hydrogens (tertiary/aromatic N) is 1. The predicted molar refractivity (Wildman–Crippen MR) is 148 cm³/mol. The first-order valence-electron chi connectivity index (χ1n) is 13.4. The van der Waals surface area contributed by atoms with E-state index in [4.69, 9.17) is 23.7 Å². The fourth-order valence-electron chi connectivity index (χ4n) is 4.88. The summed E-state index contributed by atoms with van der Waals surface area (Å²) in [6.45, 7) is 8.26. The lowest BCUT2D eigenvalue weighted by Crippen LogP contribution is -2.33. The van der Waals surface area contributed by atoms with Gasteiger partial charge in [-0.15, -0.1) is 0 Å². The number of carbonyl (C=O) groups is 1. The summed E-state index contributed by atoms with van der Waals surface area (Å²) in [4.78, 5) is 15.6. The second-order valence-corrected chi connectivity index (χ2v) is 10.1. The fourth-order valence-corrected chi connectivity index (χ4v) is 4.88. The van der Waals surface area contributed by atoms with Crippen molar-refractivity contribution in [2.75, 3.05) is 40.3 Å². The Balaban J connectivity index is 1.34. The molecule has 206 valence electrons. The molecule has 8 nitrogen and oxygen atoms in total. The van der Waals surface area contributed by atoms with Crippen LogP contribution < -0.4 is 24.3 Å². The average molecular weight is 533 g/mol. The summed E-state index contributed by atoms with van der Waals surface area (Å²) in [7, 11) is 1.58. The molecule has 0 atom stereocenters.